The van der Waals surface area contributed by atoms with E-state index in [9.17, 15) is 0 Å². The second-order valence-electron chi connectivity index (χ2n) is 5.42. The van der Waals surface area contributed by atoms with E-state index in [-0.39, 0.29) is 6.04 Å². The Bertz CT molecular complexity index is 724. The average Bonchev–Trinajstić information content (AvgIpc) is 2.96. The number of benzene rings is 2. The molecule has 21 heavy (non-hydrogen) atoms. The Balaban J connectivity index is 2.05. The molecule has 1 aromatic heterocycles. The van der Waals surface area contributed by atoms with Gasteiger partial charge in [-0.05, 0) is 42.7 Å². The van der Waals surface area contributed by atoms with Crippen LogP contribution in [0.15, 0.2) is 61.1 Å². The van der Waals surface area contributed by atoms with Crippen molar-refractivity contribution in [2.45, 2.75) is 19.9 Å². The van der Waals surface area contributed by atoms with Crippen LogP contribution in [0.1, 0.15) is 28.4 Å². The Morgan fingerprint density at radius 3 is 2.33 bits per heavy atom. The van der Waals surface area contributed by atoms with Crippen LogP contribution in [0.5, 0.6) is 0 Å². The maximum atomic E-state index is 6.41. The van der Waals surface area contributed by atoms with Crippen LogP contribution in [0.25, 0.3) is 5.69 Å². The van der Waals surface area contributed by atoms with Crippen molar-refractivity contribution in [1.82, 2.24) is 9.55 Å². The van der Waals surface area contributed by atoms with E-state index in [1.807, 2.05) is 42.9 Å². The first-order chi connectivity index (χ1) is 10.1. The Kier molecular flexibility index (Phi) is 3.59. The van der Waals surface area contributed by atoms with Crippen LogP contribution in [-0.2, 0) is 0 Å². The maximum absolute atomic E-state index is 6.41. The van der Waals surface area contributed by atoms with Gasteiger partial charge in [-0.2, -0.15) is 0 Å². The Labute approximate surface area is 125 Å². The molecule has 2 aromatic carbocycles. The van der Waals surface area contributed by atoms with Gasteiger partial charge in [0.25, 0.3) is 0 Å². The predicted octanol–water partition coefficient (Wildman–Crippen LogP) is 3.54. The number of nitrogens with two attached hydrogens (primary N) is 1. The molecule has 0 aliphatic carbocycles. The maximum Gasteiger partial charge on any atom is 0.0994 e. The zero-order chi connectivity index (χ0) is 14.8. The third-order valence-electron chi connectivity index (χ3n) is 3.63. The van der Waals surface area contributed by atoms with Crippen molar-refractivity contribution in [3.05, 3.63) is 83.4 Å². The zero-order valence-electron chi connectivity index (χ0n) is 12.3. The molecule has 0 fully saturated rings. The van der Waals surface area contributed by atoms with Crippen LogP contribution in [0, 0.1) is 13.8 Å². The minimum atomic E-state index is -0.186. The van der Waals surface area contributed by atoms with Crippen LogP contribution in [0.4, 0.5) is 0 Å². The van der Waals surface area contributed by atoms with Crippen LogP contribution in [-0.4, -0.2) is 9.55 Å². The van der Waals surface area contributed by atoms with Crippen molar-refractivity contribution < 1.29 is 0 Å². The summed E-state index contributed by atoms with van der Waals surface area (Å²) in [6.45, 7) is 4.20. The fourth-order valence-corrected chi connectivity index (χ4v) is 2.67. The number of rotatable bonds is 3. The predicted molar refractivity (Wildman–Crippen MR) is 85.5 cm³/mol. The minimum absolute atomic E-state index is 0.186. The van der Waals surface area contributed by atoms with Gasteiger partial charge in [-0.1, -0.05) is 36.4 Å². The third kappa shape index (κ3) is 2.73. The summed E-state index contributed by atoms with van der Waals surface area (Å²) >= 11 is 0. The van der Waals surface area contributed by atoms with E-state index in [0.29, 0.717) is 0 Å². The van der Waals surface area contributed by atoms with E-state index in [2.05, 4.69) is 41.6 Å². The lowest BCUT2D eigenvalue weighted by Crippen LogP contribution is -2.15. The van der Waals surface area contributed by atoms with Crippen LogP contribution < -0.4 is 5.73 Å². The average molecular weight is 277 g/mol. The first kappa shape index (κ1) is 13.6. The minimum Gasteiger partial charge on any atom is -0.319 e. The number of aryl methyl sites for hydroxylation is 2. The van der Waals surface area contributed by atoms with Crippen molar-refractivity contribution in [2.75, 3.05) is 0 Å². The summed E-state index contributed by atoms with van der Waals surface area (Å²) in [5.74, 6) is 0. The van der Waals surface area contributed by atoms with Gasteiger partial charge in [0.05, 0.1) is 24.3 Å². The molecular formula is C18H19N3. The standard InChI is InChI=1S/C18H19N3/c1-13-8-14(2)10-16(9-13)21-12-20-11-17(21)18(19)15-6-4-3-5-7-15/h3-12,18H,19H2,1-2H3. The van der Waals surface area contributed by atoms with Crippen molar-refractivity contribution in [3.63, 3.8) is 0 Å². The fourth-order valence-electron chi connectivity index (χ4n) is 2.67. The van der Waals surface area contributed by atoms with Gasteiger partial charge in [0.15, 0.2) is 0 Å². The molecule has 3 nitrogen and oxygen atoms in total. The van der Waals surface area contributed by atoms with Gasteiger partial charge in [0.1, 0.15) is 0 Å². The van der Waals surface area contributed by atoms with Crippen LogP contribution in [0.3, 0.4) is 0 Å². The summed E-state index contributed by atoms with van der Waals surface area (Å²) in [5.41, 5.74) is 12.1. The smallest absolute Gasteiger partial charge is 0.0994 e. The highest BCUT2D eigenvalue weighted by atomic mass is 15.1. The van der Waals surface area contributed by atoms with Crippen LogP contribution in [0.2, 0.25) is 0 Å². The first-order valence-electron chi connectivity index (χ1n) is 7.06. The van der Waals surface area contributed by atoms with E-state index in [0.717, 1.165) is 16.9 Å². The van der Waals surface area contributed by atoms with E-state index < -0.39 is 0 Å². The van der Waals surface area contributed by atoms with E-state index in [1.165, 1.54) is 11.1 Å². The van der Waals surface area contributed by atoms with E-state index >= 15 is 0 Å². The Morgan fingerprint density at radius 1 is 1.00 bits per heavy atom. The van der Waals surface area contributed by atoms with Gasteiger partial charge in [-0.3, -0.25) is 0 Å². The Morgan fingerprint density at radius 2 is 1.67 bits per heavy atom. The molecule has 0 spiro atoms. The summed E-state index contributed by atoms with van der Waals surface area (Å²) in [4.78, 5) is 4.29. The summed E-state index contributed by atoms with van der Waals surface area (Å²) in [7, 11) is 0. The highest BCUT2D eigenvalue weighted by Gasteiger charge is 2.14. The Hall–Kier alpha value is -2.39. The first-order valence-corrected chi connectivity index (χ1v) is 7.06. The van der Waals surface area contributed by atoms with Crippen molar-refractivity contribution >= 4 is 0 Å². The van der Waals surface area contributed by atoms with Crippen molar-refractivity contribution in [3.8, 4) is 5.69 Å². The third-order valence-corrected chi connectivity index (χ3v) is 3.63. The molecular weight excluding hydrogens is 258 g/mol. The fraction of sp³-hybridized carbons (Fsp3) is 0.167. The summed E-state index contributed by atoms with van der Waals surface area (Å²) in [6, 6.07) is 16.4. The molecule has 0 radical (unpaired) electrons. The molecule has 1 unspecified atom stereocenters. The molecule has 106 valence electrons. The van der Waals surface area contributed by atoms with Gasteiger partial charge >= 0.3 is 0 Å². The zero-order valence-corrected chi connectivity index (χ0v) is 12.3. The number of hydrogen-bond donors (Lipinski definition) is 1. The molecule has 1 heterocycles. The molecule has 0 saturated carbocycles. The molecule has 0 aliphatic rings. The van der Waals surface area contributed by atoms with E-state index in [1.54, 1.807) is 0 Å². The lowest BCUT2D eigenvalue weighted by atomic mass is 10.0. The van der Waals surface area contributed by atoms with Crippen molar-refractivity contribution in [2.24, 2.45) is 5.73 Å². The lowest BCUT2D eigenvalue weighted by molar-refractivity contribution is 0.793. The SMILES string of the molecule is Cc1cc(C)cc(-n2cncc2C(N)c2ccccc2)c1. The molecule has 2 N–H and O–H groups in total. The largest absolute Gasteiger partial charge is 0.319 e. The molecule has 3 rings (SSSR count). The number of aromatic nitrogens is 2. The summed E-state index contributed by atoms with van der Waals surface area (Å²) in [6.07, 6.45) is 3.67. The van der Waals surface area contributed by atoms with Gasteiger partial charge in [-0.15, -0.1) is 0 Å². The topological polar surface area (TPSA) is 43.8 Å². The molecule has 3 heteroatoms. The molecule has 1 atom stereocenters. The number of imidazole rings is 1. The van der Waals surface area contributed by atoms with Gasteiger partial charge in [0, 0.05) is 5.69 Å². The van der Waals surface area contributed by atoms with Crippen LogP contribution >= 0.6 is 0 Å². The van der Waals surface area contributed by atoms with E-state index in [4.69, 9.17) is 5.73 Å². The molecule has 0 saturated heterocycles. The molecule has 3 aromatic rings. The van der Waals surface area contributed by atoms with Gasteiger partial charge in [0.2, 0.25) is 0 Å². The summed E-state index contributed by atoms with van der Waals surface area (Å²) < 4.78 is 2.07. The molecule has 0 bridgehead atoms. The van der Waals surface area contributed by atoms with Crippen molar-refractivity contribution in [1.29, 1.82) is 0 Å². The molecule has 0 aliphatic heterocycles. The quantitative estimate of drug-likeness (QED) is 0.795. The highest BCUT2D eigenvalue weighted by molar-refractivity contribution is 5.42. The summed E-state index contributed by atoms with van der Waals surface area (Å²) in [5, 5.41) is 0. The second kappa shape index (κ2) is 5.54. The second-order valence-corrected chi connectivity index (χ2v) is 5.42. The monoisotopic (exact) mass is 277 g/mol. The van der Waals surface area contributed by atoms with Gasteiger partial charge in [-0.25, -0.2) is 4.98 Å². The highest BCUT2D eigenvalue weighted by Crippen LogP contribution is 2.23. The lowest BCUT2D eigenvalue weighted by Gasteiger charge is -2.16. The number of nitrogens with zero attached hydrogens (tertiary/aromatic N) is 2. The number of hydrogen-bond acceptors (Lipinski definition) is 2. The normalized spacial score (nSPS) is 12.3. The van der Waals surface area contributed by atoms with Gasteiger partial charge < -0.3 is 10.3 Å². The molecule has 0 amide bonds.